The number of aromatic carboxylic acids is 1. The molecule has 0 saturated carbocycles. The van der Waals surface area contributed by atoms with Gasteiger partial charge in [-0.1, -0.05) is 12.1 Å². The summed E-state index contributed by atoms with van der Waals surface area (Å²) in [4.78, 5) is 10.9. The Morgan fingerprint density at radius 1 is 1.56 bits per heavy atom. The van der Waals surface area contributed by atoms with Gasteiger partial charge in [-0.15, -0.1) is 0 Å². The minimum atomic E-state index is -1.04. The summed E-state index contributed by atoms with van der Waals surface area (Å²) < 4.78 is 5.36. The molecule has 0 aromatic heterocycles. The first kappa shape index (κ1) is 13.9. The molecule has 1 rings (SSSR count). The third-order valence-corrected chi connectivity index (χ3v) is 2.00. The Hall–Kier alpha value is -2.15. The third-order valence-electron chi connectivity index (χ3n) is 1.91. The van der Waals surface area contributed by atoms with Gasteiger partial charge < -0.3 is 15.6 Å². The predicted octanol–water partition coefficient (Wildman–Crippen LogP) is 0.973. The summed E-state index contributed by atoms with van der Waals surface area (Å²) in [5.74, 6) is -0.753. The fourth-order valence-corrected chi connectivity index (χ4v) is 1.18. The van der Waals surface area contributed by atoms with Crippen LogP contribution in [0.15, 0.2) is 29.4 Å². The molecule has 0 heterocycles. The Bertz CT molecular complexity index is 488. The second-order valence-electron chi connectivity index (χ2n) is 3.41. The van der Waals surface area contributed by atoms with Crippen LogP contribution in [0.4, 0.5) is 0 Å². The number of carboxylic acids is 1. The highest BCUT2D eigenvalue weighted by molar-refractivity contribution is 7.80. The molecule has 0 unspecified atom stereocenters. The fraction of sp³-hybridized carbons (Fsp3) is 0.182. The van der Waals surface area contributed by atoms with Gasteiger partial charge in [0.2, 0.25) is 0 Å². The lowest BCUT2D eigenvalue weighted by molar-refractivity contribution is 0.0693. The Morgan fingerprint density at radius 2 is 2.22 bits per heavy atom. The monoisotopic (exact) mass is 267 g/mol. The topological polar surface area (TPSA) is 96.9 Å². The van der Waals surface area contributed by atoms with Crippen molar-refractivity contribution in [1.82, 2.24) is 5.43 Å². The van der Waals surface area contributed by atoms with E-state index in [1.807, 2.05) is 0 Å². The van der Waals surface area contributed by atoms with E-state index in [4.69, 9.17) is 15.6 Å². The maximum atomic E-state index is 10.9. The highest BCUT2D eigenvalue weighted by Crippen LogP contribution is 2.17. The summed E-state index contributed by atoms with van der Waals surface area (Å²) in [5, 5.41) is 12.8. The number of hydrazone groups is 1. The van der Waals surface area contributed by atoms with Crippen LogP contribution in [0.2, 0.25) is 0 Å². The molecule has 0 radical (unpaired) electrons. The van der Waals surface area contributed by atoms with Gasteiger partial charge in [-0.05, 0) is 31.3 Å². The van der Waals surface area contributed by atoms with Crippen LogP contribution in [0, 0.1) is 0 Å². The van der Waals surface area contributed by atoms with Gasteiger partial charge >= 0.3 is 5.97 Å². The van der Waals surface area contributed by atoms with E-state index in [-0.39, 0.29) is 23.0 Å². The lowest BCUT2D eigenvalue weighted by atomic mass is 10.2. The number of nitrogens with two attached hydrogens (primary N) is 1. The summed E-state index contributed by atoms with van der Waals surface area (Å²) in [7, 11) is 0. The number of hydrogen-bond acceptors (Lipinski definition) is 4. The Morgan fingerprint density at radius 3 is 2.83 bits per heavy atom. The normalized spacial score (nSPS) is 10.8. The molecule has 4 N–H and O–H groups in total. The molecule has 0 atom stereocenters. The van der Waals surface area contributed by atoms with Gasteiger partial charge in [-0.3, -0.25) is 5.43 Å². The van der Waals surface area contributed by atoms with Gasteiger partial charge in [-0.25, -0.2) is 4.79 Å². The first-order chi connectivity index (χ1) is 8.50. The maximum Gasteiger partial charge on any atom is 0.339 e. The molecule has 1 aromatic rings. The van der Waals surface area contributed by atoms with Crippen molar-refractivity contribution in [2.75, 3.05) is 6.61 Å². The van der Waals surface area contributed by atoms with Crippen LogP contribution in [-0.4, -0.2) is 28.5 Å². The number of para-hydroxylation sites is 1. The molecule has 0 saturated heterocycles. The second kappa shape index (κ2) is 6.55. The van der Waals surface area contributed by atoms with Crippen LogP contribution in [-0.2, 0) is 0 Å². The van der Waals surface area contributed by atoms with Crippen molar-refractivity contribution in [3.05, 3.63) is 29.8 Å². The lowest BCUT2D eigenvalue weighted by Crippen LogP contribution is -2.26. The summed E-state index contributed by atoms with van der Waals surface area (Å²) in [6.07, 6.45) is 0. The third kappa shape index (κ3) is 4.38. The summed E-state index contributed by atoms with van der Waals surface area (Å²) >= 11 is 4.59. The van der Waals surface area contributed by atoms with Crippen molar-refractivity contribution in [2.24, 2.45) is 10.8 Å². The highest BCUT2D eigenvalue weighted by atomic mass is 32.1. The molecule has 18 heavy (non-hydrogen) atoms. The highest BCUT2D eigenvalue weighted by Gasteiger charge is 2.10. The number of ether oxygens (including phenoxy) is 1. The molecule has 0 aliphatic rings. The number of thiocarbonyl (C=S) groups is 1. The molecule has 0 fully saturated rings. The van der Waals surface area contributed by atoms with Gasteiger partial charge in [0.15, 0.2) is 5.11 Å². The Labute approximate surface area is 109 Å². The quantitative estimate of drug-likeness (QED) is 0.418. The lowest BCUT2D eigenvalue weighted by Gasteiger charge is -2.08. The molecule has 0 amide bonds. The van der Waals surface area contributed by atoms with Gasteiger partial charge in [0, 0.05) is 0 Å². The zero-order chi connectivity index (χ0) is 13.5. The predicted molar refractivity (Wildman–Crippen MR) is 71.9 cm³/mol. The smallest absolute Gasteiger partial charge is 0.339 e. The fourth-order valence-electron chi connectivity index (χ4n) is 1.13. The summed E-state index contributed by atoms with van der Waals surface area (Å²) in [5.41, 5.74) is 8.32. The van der Waals surface area contributed by atoms with E-state index >= 15 is 0 Å². The summed E-state index contributed by atoms with van der Waals surface area (Å²) in [6, 6.07) is 6.38. The van der Waals surface area contributed by atoms with E-state index in [9.17, 15) is 4.79 Å². The van der Waals surface area contributed by atoms with Crippen molar-refractivity contribution in [1.29, 1.82) is 0 Å². The molecule has 7 heteroatoms. The average Bonchev–Trinajstić information content (AvgIpc) is 2.34. The number of hydrogen-bond donors (Lipinski definition) is 3. The number of nitrogens with one attached hydrogen (secondary N) is 1. The Balaban J connectivity index is 2.66. The molecular weight excluding hydrogens is 254 g/mol. The molecule has 0 bridgehead atoms. The summed E-state index contributed by atoms with van der Waals surface area (Å²) in [6.45, 7) is 1.84. The molecule has 0 spiro atoms. The average molecular weight is 267 g/mol. The van der Waals surface area contributed by atoms with E-state index in [2.05, 4.69) is 22.7 Å². The van der Waals surface area contributed by atoms with Crippen LogP contribution in [0.1, 0.15) is 17.3 Å². The molecule has 1 aromatic carbocycles. The van der Waals surface area contributed by atoms with Crippen molar-refractivity contribution in [2.45, 2.75) is 6.92 Å². The van der Waals surface area contributed by atoms with E-state index in [1.54, 1.807) is 25.1 Å². The number of nitrogens with zero attached hydrogens (tertiary/aromatic N) is 1. The van der Waals surface area contributed by atoms with Crippen molar-refractivity contribution in [3.63, 3.8) is 0 Å². The number of carboxylic acid groups (broad SMARTS) is 1. The maximum absolute atomic E-state index is 10.9. The van der Waals surface area contributed by atoms with Crippen LogP contribution in [0.5, 0.6) is 5.75 Å². The van der Waals surface area contributed by atoms with Crippen molar-refractivity contribution >= 4 is 29.0 Å². The van der Waals surface area contributed by atoms with Crippen LogP contribution in [0.25, 0.3) is 0 Å². The van der Waals surface area contributed by atoms with E-state index in [0.717, 1.165) is 0 Å². The SMILES string of the molecule is C/C(COc1ccccc1C(=O)O)=N/NC(N)=S. The molecule has 96 valence electrons. The largest absolute Gasteiger partial charge is 0.487 e. The van der Waals surface area contributed by atoms with Crippen molar-refractivity contribution in [3.8, 4) is 5.75 Å². The minimum Gasteiger partial charge on any atom is -0.487 e. The first-order valence-electron chi connectivity index (χ1n) is 5.04. The molecular formula is C11H13N3O3S. The molecule has 6 nitrogen and oxygen atoms in total. The zero-order valence-electron chi connectivity index (χ0n) is 9.71. The van der Waals surface area contributed by atoms with Crippen molar-refractivity contribution < 1.29 is 14.6 Å². The van der Waals surface area contributed by atoms with E-state index in [0.29, 0.717) is 5.71 Å². The zero-order valence-corrected chi connectivity index (χ0v) is 10.5. The number of rotatable bonds is 5. The molecule has 0 aliphatic heterocycles. The molecule has 0 aliphatic carbocycles. The van der Waals surface area contributed by atoms with Crippen LogP contribution in [0.3, 0.4) is 0 Å². The van der Waals surface area contributed by atoms with E-state index in [1.165, 1.54) is 6.07 Å². The number of benzene rings is 1. The first-order valence-corrected chi connectivity index (χ1v) is 5.45. The van der Waals surface area contributed by atoms with Gasteiger partial charge in [-0.2, -0.15) is 5.10 Å². The Kier molecular flexibility index (Phi) is 5.06. The van der Waals surface area contributed by atoms with Crippen LogP contribution < -0.4 is 15.9 Å². The van der Waals surface area contributed by atoms with E-state index < -0.39 is 5.97 Å². The van der Waals surface area contributed by atoms with Gasteiger partial charge in [0.05, 0.1) is 5.71 Å². The minimum absolute atomic E-state index is 0.0558. The van der Waals surface area contributed by atoms with Gasteiger partial charge in [0.1, 0.15) is 17.9 Å². The standard InChI is InChI=1S/C11H13N3O3S/c1-7(13-14-11(12)18)6-17-9-5-3-2-4-8(9)10(15)16/h2-5H,6H2,1H3,(H,15,16)(H3,12,14,18)/b13-7-. The number of carbonyl (C=O) groups is 1. The van der Waals surface area contributed by atoms with Crippen LogP contribution >= 0.6 is 12.2 Å². The second-order valence-corrected chi connectivity index (χ2v) is 3.85. The van der Waals surface area contributed by atoms with Gasteiger partial charge in [0.25, 0.3) is 0 Å².